The highest BCUT2D eigenvalue weighted by molar-refractivity contribution is 7.13. The minimum Gasteiger partial charge on any atom is -0.350 e. The van der Waals surface area contributed by atoms with Crippen molar-refractivity contribution in [2.75, 3.05) is 0 Å². The van der Waals surface area contributed by atoms with E-state index in [1.165, 1.54) is 11.3 Å². The Bertz CT molecular complexity index is 638. The number of hydrogen-bond donors (Lipinski definition) is 1. The third-order valence-corrected chi connectivity index (χ3v) is 4.22. The fourth-order valence-corrected chi connectivity index (χ4v) is 3.03. The molecule has 2 heterocycles. The summed E-state index contributed by atoms with van der Waals surface area (Å²) in [6.45, 7) is 0.457. The smallest absolute Gasteiger partial charge is 0.220 e. The highest BCUT2D eigenvalue weighted by atomic mass is 32.1. The molecule has 1 N–H and O–H groups in total. The zero-order valence-corrected chi connectivity index (χ0v) is 12.3. The minimum atomic E-state index is 0.0806. The summed E-state index contributed by atoms with van der Waals surface area (Å²) in [6, 6.07) is 1.77. The van der Waals surface area contributed by atoms with Crippen molar-refractivity contribution in [3.05, 3.63) is 41.7 Å². The largest absolute Gasteiger partial charge is 0.350 e. The van der Waals surface area contributed by atoms with Gasteiger partial charge in [0.1, 0.15) is 0 Å². The molecule has 108 valence electrons. The molecule has 5 nitrogen and oxygen atoms in total. The molecule has 0 radical (unpaired) electrons. The first-order valence-electron chi connectivity index (χ1n) is 6.96. The monoisotopic (exact) mass is 300 g/mol. The molecule has 1 aliphatic rings. The SMILES string of the molecule is O=C(C[C@H]1C=CCC1)NCc1csc(-c2ncccn2)n1. The molecule has 0 aromatic carbocycles. The molecular weight excluding hydrogens is 284 g/mol. The van der Waals surface area contributed by atoms with Crippen LogP contribution in [-0.2, 0) is 11.3 Å². The molecule has 0 aliphatic heterocycles. The van der Waals surface area contributed by atoms with Crippen molar-refractivity contribution in [3.63, 3.8) is 0 Å². The molecular formula is C15H16N4OS. The number of thiazole rings is 1. The standard InChI is InChI=1S/C15H16N4OS/c20-13(8-11-4-1-2-5-11)18-9-12-10-21-15(19-12)14-16-6-3-7-17-14/h1,3-4,6-7,10-11H,2,5,8-9H2,(H,18,20)/t11-/m0/s1. The van der Waals surface area contributed by atoms with Gasteiger partial charge in [0.05, 0.1) is 12.2 Å². The number of rotatable bonds is 5. The molecule has 0 unspecified atom stereocenters. The number of nitrogens with one attached hydrogen (secondary N) is 1. The number of aromatic nitrogens is 3. The van der Waals surface area contributed by atoms with E-state index in [2.05, 4.69) is 32.4 Å². The third kappa shape index (κ3) is 3.72. The summed E-state index contributed by atoms with van der Waals surface area (Å²) in [5.41, 5.74) is 0.845. The first-order chi connectivity index (χ1) is 10.3. The highest BCUT2D eigenvalue weighted by Gasteiger charge is 2.14. The Morgan fingerprint density at radius 3 is 3.00 bits per heavy atom. The molecule has 2 aromatic rings. The van der Waals surface area contributed by atoms with Crippen LogP contribution in [0.1, 0.15) is 25.0 Å². The number of hydrogen-bond acceptors (Lipinski definition) is 5. The van der Waals surface area contributed by atoms with Crippen molar-refractivity contribution in [3.8, 4) is 10.8 Å². The Kier molecular flexibility index (Phi) is 4.35. The Morgan fingerprint density at radius 2 is 2.24 bits per heavy atom. The Balaban J connectivity index is 1.53. The second-order valence-corrected chi connectivity index (χ2v) is 5.82. The van der Waals surface area contributed by atoms with Gasteiger partial charge in [-0.25, -0.2) is 15.0 Å². The normalized spacial score (nSPS) is 17.0. The lowest BCUT2D eigenvalue weighted by molar-refractivity contribution is -0.121. The third-order valence-electron chi connectivity index (χ3n) is 3.34. The zero-order chi connectivity index (χ0) is 14.5. The lowest BCUT2D eigenvalue weighted by Gasteiger charge is -2.07. The Labute approximate surface area is 127 Å². The van der Waals surface area contributed by atoms with Crippen molar-refractivity contribution < 1.29 is 4.79 Å². The van der Waals surface area contributed by atoms with E-state index in [0.29, 0.717) is 24.7 Å². The number of carbonyl (C=O) groups excluding carboxylic acids is 1. The van der Waals surface area contributed by atoms with E-state index in [0.717, 1.165) is 23.5 Å². The van der Waals surface area contributed by atoms with Gasteiger partial charge in [0.25, 0.3) is 0 Å². The maximum atomic E-state index is 11.9. The molecule has 21 heavy (non-hydrogen) atoms. The summed E-state index contributed by atoms with van der Waals surface area (Å²) < 4.78 is 0. The van der Waals surface area contributed by atoms with Gasteiger partial charge in [0, 0.05) is 24.2 Å². The summed E-state index contributed by atoms with van der Waals surface area (Å²) in [5.74, 6) is 1.10. The molecule has 1 aliphatic carbocycles. The topological polar surface area (TPSA) is 67.8 Å². The second kappa shape index (κ2) is 6.58. The number of carbonyl (C=O) groups is 1. The number of amides is 1. The van der Waals surface area contributed by atoms with Crippen LogP contribution in [0, 0.1) is 5.92 Å². The fraction of sp³-hybridized carbons (Fsp3) is 0.333. The Morgan fingerprint density at radius 1 is 1.38 bits per heavy atom. The van der Waals surface area contributed by atoms with Crippen LogP contribution in [0.3, 0.4) is 0 Å². The summed E-state index contributed by atoms with van der Waals surface area (Å²) in [4.78, 5) is 24.6. The molecule has 0 saturated carbocycles. The molecule has 0 fully saturated rings. The molecule has 6 heteroatoms. The van der Waals surface area contributed by atoms with E-state index in [9.17, 15) is 4.79 Å². The van der Waals surface area contributed by atoms with Gasteiger partial charge < -0.3 is 5.32 Å². The van der Waals surface area contributed by atoms with Crippen molar-refractivity contribution in [1.82, 2.24) is 20.3 Å². The maximum Gasteiger partial charge on any atom is 0.220 e. The summed E-state index contributed by atoms with van der Waals surface area (Å²) >= 11 is 1.49. The van der Waals surface area contributed by atoms with Crippen molar-refractivity contribution >= 4 is 17.2 Å². The van der Waals surface area contributed by atoms with Gasteiger partial charge in [-0.15, -0.1) is 11.3 Å². The van der Waals surface area contributed by atoms with Gasteiger partial charge in [-0.3, -0.25) is 4.79 Å². The molecule has 1 amide bonds. The van der Waals surface area contributed by atoms with Crippen LogP contribution in [0.4, 0.5) is 0 Å². The van der Waals surface area contributed by atoms with Gasteiger partial charge in [-0.05, 0) is 24.8 Å². The summed E-state index contributed by atoms with van der Waals surface area (Å²) in [7, 11) is 0. The zero-order valence-electron chi connectivity index (χ0n) is 11.5. The molecule has 1 atom stereocenters. The van der Waals surface area contributed by atoms with Crippen LogP contribution < -0.4 is 5.32 Å². The van der Waals surface area contributed by atoms with Gasteiger partial charge in [-0.2, -0.15) is 0 Å². The lowest BCUT2D eigenvalue weighted by atomic mass is 10.1. The second-order valence-electron chi connectivity index (χ2n) is 4.96. The van der Waals surface area contributed by atoms with Gasteiger partial charge in [-0.1, -0.05) is 12.2 Å². The van der Waals surface area contributed by atoms with E-state index in [-0.39, 0.29) is 5.91 Å². The first kappa shape index (κ1) is 13.9. The van der Waals surface area contributed by atoms with E-state index >= 15 is 0 Å². The fourth-order valence-electron chi connectivity index (χ4n) is 2.27. The van der Waals surface area contributed by atoms with E-state index in [1.54, 1.807) is 18.5 Å². The predicted octanol–water partition coefficient (Wildman–Crippen LogP) is 2.57. The molecule has 0 saturated heterocycles. The minimum absolute atomic E-state index is 0.0806. The van der Waals surface area contributed by atoms with Gasteiger partial charge in [0.15, 0.2) is 10.8 Å². The molecule has 3 rings (SSSR count). The average molecular weight is 300 g/mol. The van der Waals surface area contributed by atoms with E-state index in [4.69, 9.17) is 0 Å². The van der Waals surface area contributed by atoms with E-state index in [1.807, 2.05) is 5.38 Å². The quantitative estimate of drug-likeness (QED) is 0.862. The van der Waals surface area contributed by atoms with Crippen LogP contribution in [0.25, 0.3) is 10.8 Å². The van der Waals surface area contributed by atoms with Crippen LogP contribution in [0.2, 0.25) is 0 Å². The van der Waals surface area contributed by atoms with E-state index < -0.39 is 0 Å². The average Bonchev–Trinajstić information content (AvgIpc) is 3.17. The molecule has 0 spiro atoms. The molecule has 0 bridgehead atoms. The predicted molar refractivity (Wildman–Crippen MR) is 81.5 cm³/mol. The molecule has 2 aromatic heterocycles. The summed E-state index contributed by atoms with van der Waals surface area (Å²) in [5, 5.41) is 5.63. The Hall–Kier alpha value is -2.08. The van der Waals surface area contributed by atoms with Crippen LogP contribution in [0.5, 0.6) is 0 Å². The van der Waals surface area contributed by atoms with Crippen LogP contribution in [-0.4, -0.2) is 20.9 Å². The van der Waals surface area contributed by atoms with Gasteiger partial charge in [0.2, 0.25) is 5.91 Å². The van der Waals surface area contributed by atoms with Crippen molar-refractivity contribution in [1.29, 1.82) is 0 Å². The first-order valence-corrected chi connectivity index (χ1v) is 7.84. The number of nitrogens with zero attached hydrogens (tertiary/aromatic N) is 3. The maximum absolute atomic E-state index is 11.9. The van der Waals surface area contributed by atoms with Crippen LogP contribution >= 0.6 is 11.3 Å². The summed E-state index contributed by atoms with van der Waals surface area (Å²) in [6.07, 6.45) is 10.4. The van der Waals surface area contributed by atoms with Crippen molar-refractivity contribution in [2.45, 2.75) is 25.8 Å². The highest BCUT2D eigenvalue weighted by Crippen LogP contribution is 2.21. The lowest BCUT2D eigenvalue weighted by Crippen LogP contribution is -2.24. The number of allylic oxidation sites excluding steroid dienone is 2. The van der Waals surface area contributed by atoms with Crippen molar-refractivity contribution in [2.24, 2.45) is 5.92 Å². The van der Waals surface area contributed by atoms with Gasteiger partial charge >= 0.3 is 0 Å². The van der Waals surface area contributed by atoms with Crippen LogP contribution in [0.15, 0.2) is 36.0 Å².